The summed E-state index contributed by atoms with van der Waals surface area (Å²) < 4.78 is 24.6. The van der Waals surface area contributed by atoms with Crippen molar-refractivity contribution in [2.45, 2.75) is 12.5 Å². The van der Waals surface area contributed by atoms with Crippen LogP contribution >= 0.6 is 0 Å². The van der Waals surface area contributed by atoms with Crippen LogP contribution in [-0.4, -0.2) is 60.9 Å². The number of ether oxygens (including phenoxy) is 2. The van der Waals surface area contributed by atoms with E-state index in [0.717, 1.165) is 5.82 Å². The normalized spacial score (nSPS) is 16.4. The molecule has 0 N–H and O–H groups in total. The number of nitrogens with zero attached hydrogens (tertiary/aromatic N) is 4. The van der Waals surface area contributed by atoms with E-state index in [4.69, 9.17) is 9.47 Å². The quantitative estimate of drug-likeness (QED) is 0.782. The van der Waals surface area contributed by atoms with Gasteiger partial charge in [-0.2, -0.15) is 0 Å². The smallest absolute Gasteiger partial charge is 0.260 e. The van der Waals surface area contributed by atoms with Gasteiger partial charge < -0.3 is 19.3 Å². The third-order valence-corrected chi connectivity index (χ3v) is 4.06. The molecule has 0 radical (unpaired) electrons. The minimum Gasteiger partial charge on any atom is -0.481 e. The van der Waals surface area contributed by atoms with E-state index < -0.39 is 5.82 Å². The van der Waals surface area contributed by atoms with Crippen LogP contribution < -0.4 is 14.4 Å². The summed E-state index contributed by atoms with van der Waals surface area (Å²) in [5.41, 5.74) is 0. The third-order valence-electron chi connectivity index (χ3n) is 4.06. The molecule has 8 heteroatoms. The van der Waals surface area contributed by atoms with Crippen LogP contribution in [-0.2, 0) is 4.79 Å². The van der Waals surface area contributed by atoms with Gasteiger partial charge in [0.1, 0.15) is 6.10 Å². The molecular weight excluding hydrogens is 339 g/mol. The van der Waals surface area contributed by atoms with Crippen LogP contribution in [0.5, 0.6) is 11.6 Å². The van der Waals surface area contributed by atoms with E-state index in [2.05, 4.69) is 10.2 Å². The topological polar surface area (TPSA) is 67.8 Å². The summed E-state index contributed by atoms with van der Waals surface area (Å²) in [4.78, 5) is 15.7. The van der Waals surface area contributed by atoms with Gasteiger partial charge in [0.15, 0.2) is 24.0 Å². The zero-order valence-electron chi connectivity index (χ0n) is 14.8. The molecule has 1 fully saturated rings. The predicted octanol–water partition coefficient (Wildman–Crippen LogP) is 1.74. The highest BCUT2D eigenvalue weighted by atomic mass is 19.1. The van der Waals surface area contributed by atoms with Crippen LogP contribution in [0.4, 0.5) is 10.2 Å². The molecule has 26 heavy (non-hydrogen) atoms. The van der Waals surface area contributed by atoms with Gasteiger partial charge in [-0.1, -0.05) is 12.1 Å². The van der Waals surface area contributed by atoms with Gasteiger partial charge in [0.25, 0.3) is 5.91 Å². The maximum atomic E-state index is 13.5. The van der Waals surface area contributed by atoms with Crippen molar-refractivity contribution in [3.63, 3.8) is 0 Å². The molecule has 1 aromatic carbocycles. The van der Waals surface area contributed by atoms with Gasteiger partial charge in [0, 0.05) is 33.1 Å². The Balaban J connectivity index is 1.48. The lowest BCUT2D eigenvalue weighted by molar-refractivity contribution is -0.132. The van der Waals surface area contributed by atoms with Crippen LogP contribution in [0, 0.1) is 5.82 Å². The molecule has 1 aliphatic heterocycles. The number of carbonyl (C=O) groups is 1. The minimum atomic E-state index is -0.484. The van der Waals surface area contributed by atoms with Crippen molar-refractivity contribution in [2.75, 3.05) is 38.7 Å². The van der Waals surface area contributed by atoms with Gasteiger partial charge in [-0.15, -0.1) is 10.2 Å². The molecule has 0 saturated carbocycles. The average molecular weight is 360 g/mol. The summed E-state index contributed by atoms with van der Waals surface area (Å²) in [6.07, 6.45) is 0.551. The molecule has 3 rings (SSSR count). The Labute approximate surface area is 151 Å². The minimum absolute atomic E-state index is 0.0732. The lowest BCUT2D eigenvalue weighted by atomic mass is 10.3. The van der Waals surface area contributed by atoms with E-state index >= 15 is 0 Å². The fourth-order valence-corrected chi connectivity index (χ4v) is 2.63. The Bertz CT molecular complexity index is 754. The number of rotatable bonds is 6. The van der Waals surface area contributed by atoms with Gasteiger partial charge in [-0.05, 0) is 18.2 Å². The molecule has 1 saturated heterocycles. The van der Waals surface area contributed by atoms with E-state index in [0.29, 0.717) is 25.4 Å². The van der Waals surface area contributed by atoms with Crippen LogP contribution in [0.25, 0.3) is 0 Å². The van der Waals surface area contributed by atoms with Crippen molar-refractivity contribution in [1.29, 1.82) is 0 Å². The molecule has 1 aromatic heterocycles. The predicted molar refractivity (Wildman–Crippen MR) is 93.9 cm³/mol. The fourth-order valence-electron chi connectivity index (χ4n) is 2.63. The molecule has 0 spiro atoms. The summed E-state index contributed by atoms with van der Waals surface area (Å²) in [6, 6.07) is 9.60. The van der Waals surface area contributed by atoms with Crippen molar-refractivity contribution >= 4 is 11.7 Å². The number of amides is 1. The van der Waals surface area contributed by atoms with Crippen molar-refractivity contribution in [1.82, 2.24) is 15.1 Å². The Morgan fingerprint density at radius 1 is 1.27 bits per heavy atom. The second kappa shape index (κ2) is 7.99. The maximum Gasteiger partial charge on any atom is 0.260 e. The van der Waals surface area contributed by atoms with Crippen LogP contribution in [0.2, 0.25) is 0 Å². The first-order chi connectivity index (χ1) is 12.5. The molecule has 2 aromatic rings. The molecule has 1 amide bonds. The Morgan fingerprint density at radius 2 is 2.08 bits per heavy atom. The first kappa shape index (κ1) is 17.9. The van der Waals surface area contributed by atoms with Crippen LogP contribution in [0.1, 0.15) is 6.42 Å². The lowest BCUT2D eigenvalue weighted by Gasteiger charge is -2.17. The summed E-state index contributed by atoms with van der Waals surface area (Å²) in [5, 5.41) is 8.10. The van der Waals surface area contributed by atoms with E-state index in [1.54, 1.807) is 23.1 Å². The Hall–Kier alpha value is -2.90. The maximum absolute atomic E-state index is 13.5. The van der Waals surface area contributed by atoms with Gasteiger partial charge >= 0.3 is 0 Å². The van der Waals surface area contributed by atoms with Crippen LogP contribution in [0.15, 0.2) is 36.4 Å². The molecular formula is C18H21FN4O3. The molecule has 0 bridgehead atoms. The molecule has 0 aliphatic carbocycles. The number of hydrogen-bond donors (Lipinski definition) is 0. The van der Waals surface area contributed by atoms with Crippen molar-refractivity contribution < 1.29 is 18.7 Å². The van der Waals surface area contributed by atoms with E-state index in [1.165, 1.54) is 12.1 Å². The van der Waals surface area contributed by atoms with Gasteiger partial charge in [0.05, 0.1) is 6.54 Å². The van der Waals surface area contributed by atoms with Crippen molar-refractivity contribution in [3.8, 4) is 11.6 Å². The zero-order valence-corrected chi connectivity index (χ0v) is 14.8. The number of anilines is 1. The van der Waals surface area contributed by atoms with E-state index in [9.17, 15) is 9.18 Å². The summed E-state index contributed by atoms with van der Waals surface area (Å²) >= 11 is 0. The Kier molecular flexibility index (Phi) is 5.50. The Morgan fingerprint density at radius 3 is 2.77 bits per heavy atom. The number of benzene rings is 1. The average Bonchev–Trinajstić information content (AvgIpc) is 3.10. The highest BCUT2D eigenvalue weighted by molar-refractivity contribution is 5.78. The number of aromatic nitrogens is 2. The monoisotopic (exact) mass is 360 g/mol. The number of carbonyl (C=O) groups excluding carboxylic acids is 1. The van der Waals surface area contributed by atoms with Gasteiger partial charge in [-0.25, -0.2) is 4.39 Å². The van der Waals surface area contributed by atoms with Crippen LogP contribution in [0.3, 0.4) is 0 Å². The highest BCUT2D eigenvalue weighted by Crippen LogP contribution is 2.19. The summed E-state index contributed by atoms with van der Waals surface area (Å²) in [6.45, 7) is 0.801. The second-order valence-electron chi connectivity index (χ2n) is 6.21. The molecule has 138 valence electrons. The molecule has 1 unspecified atom stereocenters. The van der Waals surface area contributed by atoms with E-state index in [1.807, 2.05) is 25.1 Å². The van der Waals surface area contributed by atoms with Crippen molar-refractivity contribution in [3.05, 3.63) is 42.2 Å². The number of hydrogen-bond acceptors (Lipinski definition) is 6. The van der Waals surface area contributed by atoms with Crippen molar-refractivity contribution in [2.24, 2.45) is 0 Å². The number of likely N-dealkylation sites (tertiary alicyclic amines) is 1. The fraction of sp³-hybridized carbons (Fsp3) is 0.389. The first-order valence-electron chi connectivity index (χ1n) is 8.36. The lowest BCUT2D eigenvalue weighted by Crippen LogP contribution is -2.34. The number of para-hydroxylation sites is 1. The first-order valence-corrected chi connectivity index (χ1v) is 8.36. The molecule has 1 atom stereocenters. The van der Waals surface area contributed by atoms with Gasteiger partial charge in [0.2, 0.25) is 5.88 Å². The third kappa shape index (κ3) is 4.38. The van der Waals surface area contributed by atoms with Gasteiger partial charge in [-0.3, -0.25) is 4.79 Å². The standard InChI is InChI=1S/C18H21FN4O3/c1-22(2)16-7-8-17(21-20-16)26-13-9-10-23(11-13)18(24)12-25-15-6-4-3-5-14(15)19/h3-8,13H,9-12H2,1-2H3. The SMILES string of the molecule is CN(C)c1ccc(OC2CCN(C(=O)COc3ccccc3F)C2)nn1. The molecule has 7 nitrogen and oxygen atoms in total. The molecule has 1 aliphatic rings. The summed E-state index contributed by atoms with van der Waals surface area (Å²) in [5.74, 6) is 0.559. The molecule has 2 heterocycles. The largest absolute Gasteiger partial charge is 0.481 e. The second-order valence-corrected chi connectivity index (χ2v) is 6.21. The highest BCUT2D eigenvalue weighted by Gasteiger charge is 2.28. The number of halogens is 1. The zero-order chi connectivity index (χ0) is 18.5. The summed E-state index contributed by atoms with van der Waals surface area (Å²) in [7, 11) is 3.77. The van der Waals surface area contributed by atoms with E-state index in [-0.39, 0.29) is 24.4 Å².